The molecular formula is C18H21NO2. The molecule has 2 aromatic carbocycles. The van der Waals surface area contributed by atoms with Gasteiger partial charge < -0.3 is 10.2 Å². The number of likely N-dealkylation sites (tertiary alicyclic amines) is 1. The van der Waals surface area contributed by atoms with E-state index in [-0.39, 0.29) is 0 Å². The molecule has 1 saturated heterocycles. The second-order valence-electron chi connectivity index (χ2n) is 5.93. The molecule has 0 aromatic heterocycles. The van der Waals surface area contributed by atoms with Gasteiger partial charge in [-0.15, -0.1) is 0 Å². The van der Waals surface area contributed by atoms with E-state index in [1.54, 1.807) is 18.2 Å². The minimum atomic E-state index is 0.329. The average molecular weight is 283 g/mol. The lowest BCUT2D eigenvalue weighted by molar-refractivity contribution is 0.316. The van der Waals surface area contributed by atoms with Gasteiger partial charge in [-0.2, -0.15) is 0 Å². The molecule has 1 heterocycles. The Morgan fingerprint density at radius 1 is 0.952 bits per heavy atom. The predicted octanol–water partition coefficient (Wildman–Crippen LogP) is 3.16. The van der Waals surface area contributed by atoms with Gasteiger partial charge >= 0.3 is 0 Å². The number of phenols is 2. The lowest BCUT2D eigenvalue weighted by atomic mass is 9.99. The number of benzene rings is 2. The first-order chi connectivity index (χ1) is 10.2. The van der Waals surface area contributed by atoms with E-state index in [0.29, 0.717) is 17.4 Å². The highest BCUT2D eigenvalue weighted by molar-refractivity contribution is 5.27. The number of phenolic OH excluding ortho intramolecular Hbond substituents is 2. The number of nitrogens with zero attached hydrogens (tertiary/aromatic N) is 1. The maximum atomic E-state index is 9.52. The van der Waals surface area contributed by atoms with Crippen molar-refractivity contribution in [1.29, 1.82) is 0 Å². The van der Waals surface area contributed by atoms with Crippen LogP contribution in [-0.4, -0.2) is 28.2 Å². The molecule has 3 rings (SSSR count). The van der Waals surface area contributed by atoms with Gasteiger partial charge in [0.05, 0.1) is 0 Å². The van der Waals surface area contributed by atoms with Gasteiger partial charge in [-0.1, -0.05) is 24.3 Å². The molecule has 1 aliphatic heterocycles. The third kappa shape index (κ3) is 3.76. The molecule has 110 valence electrons. The molecule has 0 radical (unpaired) electrons. The van der Waals surface area contributed by atoms with Crippen LogP contribution in [0.25, 0.3) is 0 Å². The van der Waals surface area contributed by atoms with Crippen molar-refractivity contribution in [2.75, 3.05) is 13.1 Å². The first-order valence-corrected chi connectivity index (χ1v) is 7.47. The molecule has 21 heavy (non-hydrogen) atoms. The molecule has 0 saturated carbocycles. The van der Waals surface area contributed by atoms with Crippen LogP contribution in [0.15, 0.2) is 48.5 Å². The smallest absolute Gasteiger partial charge is 0.115 e. The summed E-state index contributed by atoms with van der Waals surface area (Å²) < 4.78 is 0. The second kappa shape index (κ2) is 6.19. The quantitative estimate of drug-likeness (QED) is 0.906. The van der Waals surface area contributed by atoms with Crippen LogP contribution in [0.2, 0.25) is 0 Å². The number of hydrogen-bond acceptors (Lipinski definition) is 3. The van der Waals surface area contributed by atoms with E-state index in [9.17, 15) is 10.2 Å². The van der Waals surface area contributed by atoms with E-state index in [2.05, 4.69) is 11.0 Å². The highest BCUT2D eigenvalue weighted by atomic mass is 16.3. The molecule has 2 N–H and O–H groups in total. The van der Waals surface area contributed by atoms with Crippen molar-refractivity contribution < 1.29 is 10.2 Å². The Kier molecular flexibility index (Phi) is 4.11. The zero-order valence-corrected chi connectivity index (χ0v) is 12.1. The summed E-state index contributed by atoms with van der Waals surface area (Å²) in [5, 5.41) is 18.8. The van der Waals surface area contributed by atoms with Crippen LogP contribution in [0.4, 0.5) is 0 Å². The van der Waals surface area contributed by atoms with Crippen molar-refractivity contribution in [3.8, 4) is 11.5 Å². The molecule has 0 aliphatic carbocycles. The Morgan fingerprint density at radius 2 is 1.76 bits per heavy atom. The molecule has 0 amide bonds. The zero-order valence-electron chi connectivity index (χ0n) is 12.1. The monoisotopic (exact) mass is 283 g/mol. The SMILES string of the molecule is Oc1ccc(CC2CCN(Cc3cccc(O)c3)C2)cc1. The van der Waals surface area contributed by atoms with Crippen LogP contribution >= 0.6 is 0 Å². The highest BCUT2D eigenvalue weighted by Gasteiger charge is 2.22. The summed E-state index contributed by atoms with van der Waals surface area (Å²) in [5.74, 6) is 1.34. The van der Waals surface area contributed by atoms with Crippen LogP contribution in [0.1, 0.15) is 17.5 Å². The Bertz CT molecular complexity index is 594. The number of rotatable bonds is 4. The molecule has 1 aliphatic rings. The van der Waals surface area contributed by atoms with Crippen LogP contribution in [0.5, 0.6) is 11.5 Å². The molecule has 1 fully saturated rings. The van der Waals surface area contributed by atoms with E-state index in [4.69, 9.17) is 0 Å². The van der Waals surface area contributed by atoms with E-state index in [0.717, 1.165) is 26.1 Å². The second-order valence-corrected chi connectivity index (χ2v) is 5.93. The molecule has 3 nitrogen and oxygen atoms in total. The fraction of sp³-hybridized carbons (Fsp3) is 0.333. The summed E-state index contributed by atoms with van der Waals surface area (Å²) in [4.78, 5) is 2.44. The topological polar surface area (TPSA) is 43.7 Å². The number of aromatic hydroxyl groups is 2. The molecule has 1 atom stereocenters. The predicted molar refractivity (Wildman–Crippen MR) is 83.3 cm³/mol. The van der Waals surface area contributed by atoms with E-state index in [1.807, 2.05) is 24.3 Å². The summed E-state index contributed by atoms with van der Waals surface area (Å²) >= 11 is 0. The third-order valence-corrected chi connectivity index (χ3v) is 4.15. The van der Waals surface area contributed by atoms with Gasteiger partial charge in [-0.3, -0.25) is 4.90 Å². The number of hydrogen-bond donors (Lipinski definition) is 2. The van der Waals surface area contributed by atoms with Gasteiger partial charge in [-0.25, -0.2) is 0 Å². The zero-order chi connectivity index (χ0) is 14.7. The van der Waals surface area contributed by atoms with Crippen LogP contribution < -0.4 is 0 Å². The molecule has 3 heteroatoms. The summed E-state index contributed by atoms with van der Waals surface area (Å²) in [6.45, 7) is 3.11. The Balaban J connectivity index is 1.54. The fourth-order valence-corrected chi connectivity index (χ4v) is 3.10. The van der Waals surface area contributed by atoms with E-state index in [1.165, 1.54) is 17.5 Å². The summed E-state index contributed by atoms with van der Waals surface area (Å²) in [6.07, 6.45) is 2.27. The maximum Gasteiger partial charge on any atom is 0.115 e. The summed E-state index contributed by atoms with van der Waals surface area (Å²) in [7, 11) is 0. The molecule has 0 bridgehead atoms. The molecule has 1 unspecified atom stereocenters. The molecule has 2 aromatic rings. The van der Waals surface area contributed by atoms with Gasteiger partial charge in [-0.05, 0) is 60.7 Å². The van der Waals surface area contributed by atoms with Crippen molar-refractivity contribution in [2.45, 2.75) is 19.4 Å². The molecule has 0 spiro atoms. The Labute approximate surface area is 125 Å². The highest BCUT2D eigenvalue weighted by Crippen LogP contribution is 2.24. The van der Waals surface area contributed by atoms with Gasteiger partial charge in [0.1, 0.15) is 11.5 Å². The average Bonchev–Trinajstić information content (AvgIpc) is 2.89. The van der Waals surface area contributed by atoms with Crippen molar-refractivity contribution >= 4 is 0 Å². The standard InChI is InChI=1S/C18H21NO2/c20-17-6-4-14(5-7-17)10-16-8-9-19(13-16)12-15-2-1-3-18(21)11-15/h1-7,11,16,20-21H,8-10,12-13H2. The minimum Gasteiger partial charge on any atom is -0.508 e. The largest absolute Gasteiger partial charge is 0.508 e. The fourth-order valence-electron chi connectivity index (χ4n) is 3.10. The van der Waals surface area contributed by atoms with Gasteiger partial charge in [0.2, 0.25) is 0 Å². The van der Waals surface area contributed by atoms with Crippen LogP contribution in [0.3, 0.4) is 0 Å². The Morgan fingerprint density at radius 3 is 2.52 bits per heavy atom. The Hall–Kier alpha value is -2.00. The lowest BCUT2D eigenvalue weighted by Crippen LogP contribution is -2.20. The van der Waals surface area contributed by atoms with Crippen LogP contribution in [0, 0.1) is 5.92 Å². The lowest BCUT2D eigenvalue weighted by Gasteiger charge is -2.16. The van der Waals surface area contributed by atoms with Crippen molar-refractivity contribution in [3.63, 3.8) is 0 Å². The van der Waals surface area contributed by atoms with Crippen LogP contribution in [-0.2, 0) is 13.0 Å². The van der Waals surface area contributed by atoms with Gasteiger partial charge in [0.25, 0.3) is 0 Å². The summed E-state index contributed by atoms with van der Waals surface area (Å²) in [5.41, 5.74) is 2.46. The van der Waals surface area contributed by atoms with E-state index < -0.39 is 0 Å². The first-order valence-electron chi connectivity index (χ1n) is 7.47. The normalized spacial score (nSPS) is 19.0. The van der Waals surface area contributed by atoms with Gasteiger partial charge in [0, 0.05) is 13.1 Å². The summed E-state index contributed by atoms with van der Waals surface area (Å²) in [6, 6.07) is 15.0. The molecular weight excluding hydrogens is 262 g/mol. The maximum absolute atomic E-state index is 9.52. The van der Waals surface area contributed by atoms with Crippen molar-refractivity contribution in [2.24, 2.45) is 5.92 Å². The third-order valence-electron chi connectivity index (χ3n) is 4.15. The van der Waals surface area contributed by atoms with Crippen molar-refractivity contribution in [3.05, 3.63) is 59.7 Å². The van der Waals surface area contributed by atoms with Crippen molar-refractivity contribution in [1.82, 2.24) is 4.90 Å². The van der Waals surface area contributed by atoms with Gasteiger partial charge in [0.15, 0.2) is 0 Å². The van der Waals surface area contributed by atoms with E-state index >= 15 is 0 Å². The first kappa shape index (κ1) is 14.0. The minimum absolute atomic E-state index is 0.329.